The van der Waals surface area contributed by atoms with E-state index in [0.717, 1.165) is 25.6 Å². The highest BCUT2D eigenvalue weighted by Gasteiger charge is 2.23. The Morgan fingerprint density at radius 2 is 1.13 bits per heavy atom. The van der Waals surface area contributed by atoms with Gasteiger partial charge in [-0.25, -0.2) is 0 Å². The maximum Gasteiger partial charge on any atom is 0.186 e. The molecule has 0 saturated carbocycles. The third-order valence-corrected chi connectivity index (χ3v) is 11.3. The quantitative estimate of drug-likeness (QED) is 0.0744. The summed E-state index contributed by atoms with van der Waals surface area (Å²) in [5.74, 6) is 1.04. The van der Waals surface area contributed by atoms with Gasteiger partial charge in [-0.15, -0.1) is 11.8 Å². The van der Waals surface area contributed by atoms with E-state index in [0.29, 0.717) is 5.25 Å². The first kappa shape index (κ1) is 35.7. The van der Waals surface area contributed by atoms with E-state index in [-0.39, 0.29) is 0 Å². The zero-order chi connectivity index (χ0) is 27.6. The molecule has 1 aromatic rings. The summed E-state index contributed by atoms with van der Waals surface area (Å²) < 4.78 is 12.7. The predicted octanol–water partition coefficient (Wildman–Crippen LogP) is 11.6. The molecule has 0 unspecified atom stereocenters. The largest absolute Gasteiger partial charge is 0.416 e. The summed E-state index contributed by atoms with van der Waals surface area (Å²) in [5, 5.41) is 0.421. The van der Waals surface area contributed by atoms with Gasteiger partial charge in [0.2, 0.25) is 0 Å². The molecule has 222 valence electrons. The molecule has 0 N–H and O–H groups in total. The van der Waals surface area contributed by atoms with Crippen molar-refractivity contribution in [2.75, 3.05) is 19.8 Å². The van der Waals surface area contributed by atoms with E-state index in [9.17, 15) is 0 Å². The van der Waals surface area contributed by atoms with E-state index in [4.69, 9.17) is 9.16 Å². The fourth-order valence-corrected chi connectivity index (χ4v) is 7.99. The number of ether oxygens (including phenoxy) is 1. The third-order valence-electron chi connectivity index (χ3n) is 7.57. The van der Waals surface area contributed by atoms with Gasteiger partial charge >= 0.3 is 0 Å². The van der Waals surface area contributed by atoms with Crippen LogP contribution >= 0.6 is 11.8 Å². The molecule has 0 fully saturated rings. The van der Waals surface area contributed by atoms with Crippen molar-refractivity contribution in [2.24, 2.45) is 0 Å². The Kier molecular flexibility index (Phi) is 24.1. The van der Waals surface area contributed by atoms with E-state index in [1.807, 2.05) is 11.8 Å². The summed E-state index contributed by atoms with van der Waals surface area (Å²) in [4.78, 5) is 0. The van der Waals surface area contributed by atoms with Gasteiger partial charge < -0.3 is 9.16 Å². The summed E-state index contributed by atoms with van der Waals surface area (Å²) in [6, 6.07) is 12.1. The first-order chi connectivity index (χ1) is 18.6. The summed E-state index contributed by atoms with van der Waals surface area (Å²) in [5.41, 5.74) is 1.39. The number of hydrogen-bond acceptors (Lipinski definition) is 3. The first-order valence-corrected chi connectivity index (χ1v) is 20.6. The average Bonchev–Trinajstić information content (AvgIpc) is 2.93. The zero-order valence-corrected chi connectivity index (χ0v) is 27.8. The minimum atomic E-state index is -1.56. The van der Waals surface area contributed by atoms with Crippen LogP contribution < -0.4 is 0 Å². The summed E-state index contributed by atoms with van der Waals surface area (Å²) in [7, 11) is -1.56. The van der Waals surface area contributed by atoms with Crippen molar-refractivity contribution < 1.29 is 9.16 Å². The van der Waals surface area contributed by atoms with Crippen molar-refractivity contribution in [3.8, 4) is 0 Å². The molecule has 0 spiro atoms. The second kappa shape index (κ2) is 25.7. The fourth-order valence-electron chi connectivity index (χ4n) is 4.89. The number of hydrogen-bond donors (Lipinski definition) is 0. The lowest BCUT2D eigenvalue weighted by molar-refractivity contribution is 0.119. The lowest BCUT2D eigenvalue weighted by Gasteiger charge is -2.26. The number of rotatable bonds is 28. The van der Waals surface area contributed by atoms with Gasteiger partial charge in [0.25, 0.3) is 0 Å². The third kappa shape index (κ3) is 22.5. The van der Waals surface area contributed by atoms with Crippen LogP contribution in [-0.4, -0.2) is 33.4 Å². The molecular weight excluding hydrogens is 501 g/mol. The summed E-state index contributed by atoms with van der Waals surface area (Å²) in [6.45, 7) is 11.9. The molecule has 1 rings (SSSR count). The van der Waals surface area contributed by atoms with Crippen molar-refractivity contribution in [3.63, 3.8) is 0 Å². The van der Waals surface area contributed by atoms with E-state index in [1.54, 1.807) is 0 Å². The van der Waals surface area contributed by atoms with Gasteiger partial charge in [-0.1, -0.05) is 153 Å². The van der Waals surface area contributed by atoms with Gasteiger partial charge in [0.05, 0.1) is 11.9 Å². The molecule has 0 aliphatic rings. The average molecular weight is 565 g/mol. The number of thioether (sulfide) groups is 1. The molecule has 1 atom stereocenters. The summed E-state index contributed by atoms with van der Waals surface area (Å²) in [6.07, 6.45) is 25.1. The van der Waals surface area contributed by atoms with E-state index >= 15 is 0 Å². The second-order valence-electron chi connectivity index (χ2n) is 12.0. The van der Waals surface area contributed by atoms with Crippen LogP contribution in [0.1, 0.15) is 135 Å². The zero-order valence-electron chi connectivity index (χ0n) is 26.0. The van der Waals surface area contributed by atoms with Crippen LogP contribution in [0.5, 0.6) is 0 Å². The highest BCUT2D eigenvalue weighted by molar-refractivity contribution is 7.99. The van der Waals surface area contributed by atoms with Gasteiger partial charge in [0.1, 0.15) is 0 Å². The molecule has 38 heavy (non-hydrogen) atoms. The molecule has 4 heteroatoms. The standard InChI is InChI=1S/C34H64O2SSi/c1-5-7-9-10-11-12-13-14-15-16-17-18-19-20-21-25-28-35-30-34(31-36-38(3,4)29-8-6-2)37-32-33-26-23-22-24-27-33/h22-24,26-27,34H,5-21,25,28-32H2,1-4H3/t34-/m1/s1. The molecule has 0 aromatic heterocycles. The van der Waals surface area contributed by atoms with Crippen molar-refractivity contribution in [3.05, 3.63) is 35.9 Å². The van der Waals surface area contributed by atoms with Crippen LogP contribution in [0.3, 0.4) is 0 Å². The minimum Gasteiger partial charge on any atom is -0.416 e. The van der Waals surface area contributed by atoms with Crippen LogP contribution in [0.25, 0.3) is 0 Å². The Morgan fingerprint density at radius 3 is 1.66 bits per heavy atom. The van der Waals surface area contributed by atoms with Crippen molar-refractivity contribution in [2.45, 2.75) is 160 Å². The molecule has 0 heterocycles. The van der Waals surface area contributed by atoms with Gasteiger partial charge in [-0.05, 0) is 31.1 Å². The highest BCUT2D eigenvalue weighted by Crippen LogP contribution is 2.22. The fraction of sp³-hybridized carbons (Fsp3) is 0.824. The molecule has 0 aliphatic heterocycles. The molecule has 2 nitrogen and oxygen atoms in total. The van der Waals surface area contributed by atoms with Gasteiger partial charge in [-0.3, -0.25) is 0 Å². The van der Waals surface area contributed by atoms with Gasteiger partial charge in [-0.2, -0.15) is 0 Å². The highest BCUT2D eigenvalue weighted by atomic mass is 32.2. The first-order valence-electron chi connectivity index (χ1n) is 16.4. The van der Waals surface area contributed by atoms with Crippen LogP contribution in [0.2, 0.25) is 19.1 Å². The van der Waals surface area contributed by atoms with Crippen molar-refractivity contribution in [1.82, 2.24) is 0 Å². The number of unbranched alkanes of at least 4 members (excludes halogenated alkanes) is 16. The molecular formula is C34H64O2SSi. The predicted molar refractivity (Wildman–Crippen MR) is 175 cm³/mol. The minimum absolute atomic E-state index is 0.421. The lowest BCUT2D eigenvalue weighted by atomic mass is 10.0. The topological polar surface area (TPSA) is 18.5 Å². The maximum atomic E-state index is 6.51. The number of benzene rings is 1. The SMILES string of the molecule is CCCCCCCCCCCCCCCCCCOC[C@H](CO[Si](C)(C)CCCC)SCc1ccccc1. The molecule has 0 aliphatic carbocycles. The molecule has 0 saturated heterocycles. The van der Waals surface area contributed by atoms with Gasteiger partial charge in [0, 0.05) is 19.0 Å². The van der Waals surface area contributed by atoms with Crippen molar-refractivity contribution in [1.29, 1.82) is 0 Å². The maximum absolute atomic E-state index is 6.51. The molecule has 0 radical (unpaired) electrons. The van der Waals surface area contributed by atoms with E-state index in [2.05, 4.69) is 57.3 Å². The molecule has 0 amide bonds. The van der Waals surface area contributed by atoms with Crippen molar-refractivity contribution >= 4 is 20.1 Å². The van der Waals surface area contributed by atoms with Gasteiger partial charge in [0.15, 0.2) is 8.32 Å². The van der Waals surface area contributed by atoms with Crippen LogP contribution in [0.15, 0.2) is 30.3 Å². The molecule has 0 bridgehead atoms. The Bertz CT molecular complexity index is 610. The van der Waals surface area contributed by atoms with Crippen LogP contribution in [0.4, 0.5) is 0 Å². The Balaban J connectivity index is 2.05. The van der Waals surface area contributed by atoms with Crippen LogP contribution in [-0.2, 0) is 14.9 Å². The van der Waals surface area contributed by atoms with E-state index in [1.165, 1.54) is 127 Å². The molecule has 1 aromatic carbocycles. The summed E-state index contributed by atoms with van der Waals surface area (Å²) >= 11 is 2.00. The monoisotopic (exact) mass is 564 g/mol. The lowest BCUT2D eigenvalue weighted by Crippen LogP contribution is -2.34. The Labute approximate surface area is 244 Å². The smallest absolute Gasteiger partial charge is 0.186 e. The van der Waals surface area contributed by atoms with E-state index < -0.39 is 8.32 Å². The Hall–Kier alpha value is -0.293. The Morgan fingerprint density at radius 1 is 0.632 bits per heavy atom. The van der Waals surface area contributed by atoms with Crippen LogP contribution in [0, 0.1) is 0 Å². The normalized spacial score (nSPS) is 12.7. The second-order valence-corrected chi connectivity index (χ2v) is 17.6.